The summed E-state index contributed by atoms with van der Waals surface area (Å²) in [6.07, 6.45) is 3.95. The smallest absolute Gasteiger partial charge is 0.335 e. The fraction of sp³-hybridized carbons (Fsp3) is 0.364. The Morgan fingerprint density at radius 3 is 3.18 bits per heavy atom. The van der Waals surface area contributed by atoms with Crippen molar-refractivity contribution in [1.29, 1.82) is 0 Å². The van der Waals surface area contributed by atoms with Crippen LogP contribution in [0.4, 0.5) is 0 Å². The van der Waals surface area contributed by atoms with Crippen LogP contribution in [0.15, 0.2) is 18.3 Å². The van der Waals surface area contributed by atoms with E-state index in [1.165, 1.54) is 12.5 Å². The molecule has 0 saturated carbocycles. The highest BCUT2D eigenvalue weighted by atomic mass is 32.2. The zero-order chi connectivity index (χ0) is 11.8. The van der Waals surface area contributed by atoms with Gasteiger partial charge in [0, 0.05) is 6.20 Å². The zero-order valence-corrected chi connectivity index (χ0v) is 9.85. The van der Waals surface area contributed by atoms with Crippen LogP contribution in [0, 0.1) is 0 Å². The molecule has 88 valence electrons. The van der Waals surface area contributed by atoms with E-state index in [9.17, 15) is 4.79 Å². The van der Waals surface area contributed by atoms with Crippen LogP contribution >= 0.6 is 11.8 Å². The van der Waals surface area contributed by atoms with E-state index in [0.717, 1.165) is 18.0 Å². The summed E-state index contributed by atoms with van der Waals surface area (Å²) in [5.74, 6) is 1.03. The van der Waals surface area contributed by atoms with Gasteiger partial charge in [0.2, 0.25) is 0 Å². The predicted octanol–water partition coefficient (Wildman–Crippen LogP) is 2.00. The van der Waals surface area contributed by atoms with Crippen molar-refractivity contribution in [1.82, 2.24) is 14.6 Å². The van der Waals surface area contributed by atoms with Gasteiger partial charge in [-0.1, -0.05) is 0 Å². The normalized spacial score (nSPS) is 19.9. The third-order valence-electron chi connectivity index (χ3n) is 2.82. The van der Waals surface area contributed by atoms with Gasteiger partial charge in [-0.3, -0.25) is 0 Å². The summed E-state index contributed by atoms with van der Waals surface area (Å²) in [4.78, 5) is 15.3. The Kier molecular flexibility index (Phi) is 2.51. The largest absolute Gasteiger partial charge is 0.478 e. The molecule has 3 rings (SSSR count). The lowest BCUT2D eigenvalue weighted by Gasteiger charge is -1.99. The minimum Gasteiger partial charge on any atom is -0.478 e. The average molecular weight is 249 g/mol. The van der Waals surface area contributed by atoms with Crippen molar-refractivity contribution in [2.24, 2.45) is 0 Å². The van der Waals surface area contributed by atoms with E-state index < -0.39 is 5.97 Å². The fourth-order valence-electron chi connectivity index (χ4n) is 1.95. The SMILES string of the molecule is O=C(O)c1ccn2nc(C3CCCS3)nc2c1. The number of hydrogen-bond acceptors (Lipinski definition) is 4. The van der Waals surface area contributed by atoms with Crippen LogP contribution in [0.5, 0.6) is 0 Å². The Labute approximate surface area is 102 Å². The van der Waals surface area contributed by atoms with Crippen molar-refractivity contribution in [3.8, 4) is 0 Å². The number of carboxylic acids is 1. The van der Waals surface area contributed by atoms with Crippen LogP contribution in [0.25, 0.3) is 5.65 Å². The standard InChI is InChI=1S/C11H11N3O2S/c15-11(16)7-3-4-14-9(6-7)12-10(13-14)8-2-1-5-17-8/h3-4,6,8H,1-2,5H2,(H,15,16). The first-order valence-corrected chi connectivity index (χ1v) is 6.50. The molecule has 1 atom stereocenters. The van der Waals surface area contributed by atoms with Crippen LogP contribution in [-0.2, 0) is 0 Å². The summed E-state index contributed by atoms with van der Waals surface area (Å²) in [5, 5.41) is 13.7. The molecular formula is C11H11N3O2S. The van der Waals surface area contributed by atoms with Crippen molar-refractivity contribution in [2.45, 2.75) is 18.1 Å². The maximum Gasteiger partial charge on any atom is 0.335 e. The van der Waals surface area contributed by atoms with Crippen molar-refractivity contribution in [3.05, 3.63) is 29.7 Å². The van der Waals surface area contributed by atoms with Gasteiger partial charge in [-0.15, -0.1) is 0 Å². The molecule has 0 bridgehead atoms. The second-order valence-corrected chi connectivity index (χ2v) is 5.31. The maximum atomic E-state index is 10.8. The highest BCUT2D eigenvalue weighted by Crippen LogP contribution is 2.38. The van der Waals surface area contributed by atoms with Crippen LogP contribution in [0.2, 0.25) is 0 Å². The molecule has 0 aromatic carbocycles. The minimum atomic E-state index is -0.938. The molecule has 17 heavy (non-hydrogen) atoms. The molecule has 3 heterocycles. The second kappa shape index (κ2) is 4.03. The van der Waals surface area contributed by atoms with E-state index in [4.69, 9.17) is 5.11 Å². The number of aromatic carboxylic acids is 1. The molecule has 1 saturated heterocycles. The van der Waals surface area contributed by atoms with E-state index in [2.05, 4.69) is 10.1 Å². The Hall–Kier alpha value is -1.56. The molecule has 0 radical (unpaired) electrons. The zero-order valence-electron chi connectivity index (χ0n) is 9.04. The number of aromatic nitrogens is 3. The van der Waals surface area contributed by atoms with Gasteiger partial charge >= 0.3 is 5.97 Å². The number of carboxylic acid groups (broad SMARTS) is 1. The lowest BCUT2D eigenvalue weighted by atomic mass is 10.2. The van der Waals surface area contributed by atoms with E-state index in [1.807, 2.05) is 11.8 Å². The van der Waals surface area contributed by atoms with Crippen LogP contribution < -0.4 is 0 Å². The molecule has 1 aliphatic rings. The van der Waals surface area contributed by atoms with Crippen LogP contribution in [0.3, 0.4) is 0 Å². The van der Waals surface area contributed by atoms with Gasteiger partial charge in [0.05, 0.1) is 10.8 Å². The summed E-state index contributed by atoms with van der Waals surface area (Å²) in [6, 6.07) is 3.09. The molecule has 6 heteroatoms. The number of nitrogens with zero attached hydrogens (tertiary/aromatic N) is 3. The van der Waals surface area contributed by atoms with Crippen LogP contribution in [0.1, 0.15) is 34.3 Å². The predicted molar refractivity (Wildman–Crippen MR) is 64.4 cm³/mol. The van der Waals surface area contributed by atoms with E-state index in [-0.39, 0.29) is 5.56 Å². The summed E-state index contributed by atoms with van der Waals surface area (Å²) in [6.45, 7) is 0. The summed E-state index contributed by atoms with van der Waals surface area (Å²) < 4.78 is 1.64. The Balaban J connectivity index is 2.03. The van der Waals surface area contributed by atoms with Gasteiger partial charge in [-0.2, -0.15) is 16.9 Å². The third-order valence-corrected chi connectivity index (χ3v) is 4.19. The van der Waals surface area contributed by atoms with Crippen molar-refractivity contribution in [3.63, 3.8) is 0 Å². The van der Waals surface area contributed by atoms with Crippen molar-refractivity contribution in [2.75, 3.05) is 5.75 Å². The number of thioether (sulfide) groups is 1. The van der Waals surface area contributed by atoms with Crippen molar-refractivity contribution < 1.29 is 9.90 Å². The number of pyridine rings is 1. The number of carbonyl (C=O) groups is 1. The first-order valence-electron chi connectivity index (χ1n) is 5.45. The molecule has 0 amide bonds. The Morgan fingerprint density at radius 2 is 2.47 bits per heavy atom. The molecule has 0 aliphatic carbocycles. The maximum absolute atomic E-state index is 10.8. The monoisotopic (exact) mass is 249 g/mol. The molecule has 0 spiro atoms. The molecular weight excluding hydrogens is 238 g/mol. The second-order valence-electron chi connectivity index (χ2n) is 4.00. The van der Waals surface area contributed by atoms with Gasteiger partial charge in [-0.25, -0.2) is 14.3 Å². The Morgan fingerprint density at radius 1 is 1.59 bits per heavy atom. The summed E-state index contributed by atoms with van der Waals surface area (Å²) >= 11 is 1.87. The highest BCUT2D eigenvalue weighted by molar-refractivity contribution is 7.99. The molecule has 2 aromatic rings. The van der Waals surface area contributed by atoms with E-state index in [1.54, 1.807) is 16.8 Å². The van der Waals surface area contributed by atoms with E-state index >= 15 is 0 Å². The summed E-state index contributed by atoms with van der Waals surface area (Å²) in [7, 11) is 0. The van der Waals surface area contributed by atoms with E-state index in [0.29, 0.717) is 10.9 Å². The van der Waals surface area contributed by atoms with Gasteiger partial charge in [0.1, 0.15) is 0 Å². The lowest BCUT2D eigenvalue weighted by molar-refractivity contribution is 0.0697. The van der Waals surface area contributed by atoms with Crippen LogP contribution in [-0.4, -0.2) is 31.4 Å². The Bertz CT molecular complexity index is 575. The average Bonchev–Trinajstić information content (AvgIpc) is 2.96. The lowest BCUT2D eigenvalue weighted by Crippen LogP contribution is -1.97. The van der Waals surface area contributed by atoms with Gasteiger partial charge in [0.25, 0.3) is 0 Å². The number of fused-ring (bicyclic) bond motifs is 1. The van der Waals surface area contributed by atoms with Crippen molar-refractivity contribution >= 4 is 23.4 Å². The number of rotatable bonds is 2. The highest BCUT2D eigenvalue weighted by Gasteiger charge is 2.22. The fourth-order valence-corrected chi connectivity index (χ4v) is 3.15. The first kappa shape index (κ1) is 10.6. The van der Waals surface area contributed by atoms with Gasteiger partial charge in [-0.05, 0) is 30.7 Å². The number of hydrogen-bond donors (Lipinski definition) is 1. The minimum absolute atomic E-state index is 0.246. The topological polar surface area (TPSA) is 67.5 Å². The molecule has 1 aliphatic heterocycles. The molecule has 1 fully saturated rings. The molecule has 5 nitrogen and oxygen atoms in total. The molecule has 2 aromatic heterocycles. The van der Waals surface area contributed by atoms with Gasteiger partial charge < -0.3 is 5.11 Å². The summed E-state index contributed by atoms with van der Waals surface area (Å²) in [5.41, 5.74) is 0.850. The van der Waals surface area contributed by atoms with Gasteiger partial charge in [0.15, 0.2) is 11.5 Å². The first-order chi connectivity index (χ1) is 8.24. The third kappa shape index (κ3) is 1.88. The molecule has 1 unspecified atom stereocenters. The quantitative estimate of drug-likeness (QED) is 0.881. The molecule has 1 N–H and O–H groups in total.